The average Bonchev–Trinajstić information content (AvgIpc) is 3.11. The van der Waals surface area contributed by atoms with Crippen molar-refractivity contribution in [1.29, 1.82) is 0 Å². The van der Waals surface area contributed by atoms with Crippen molar-refractivity contribution in [3.8, 4) is 0 Å². The van der Waals surface area contributed by atoms with Gasteiger partial charge in [0.15, 0.2) is 0 Å². The number of hydrogen-bond donors (Lipinski definition) is 1. The molecule has 5 heteroatoms. The van der Waals surface area contributed by atoms with Gasteiger partial charge in [-0.25, -0.2) is 4.79 Å². The molecule has 1 N–H and O–H groups in total. The van der Waals surface area contributed by atoms with E-state index in [1.807, 2.05) is 30.3 Å². The summed E-state index contributed by atoms with van der Waals surface area (Å²) >= 11 is 6.07. The van der Waals surface area contributed by atoms with Crippen molar-refractivity contribution in [2.45, 2.75) is 19.6 Å². The van der Waals surface area contributed by atoms with E-state index in [1.54, 1.807) is 12.1 Å². The number of aliphatic hydroxyl groups excluding tert-OH is 1. The monoisotopic (exact) mass is 419 g/mol. The van der Waals surface area contributed by atoms with Gasteiger partial charge in [0.25, 0.3) is 0 Å². The first-order chi connectivity index (χ1) is 14.6. The third-order valence-electron chi connectivity index (χ3n) is 5.27. The van der Waals surface area contributed by atoms with Crippen LogP contribution < -0.4 is 0 Å². The summed E-state index contributed by atoms with van der Waals surface area (Å²) in [7, 11) is 1.37. The molecule has 30 heavy (non-hydrogen) atoms. The summed E-state index contributed by atoms with van der Waals surface area (Å²) in [6.07, 6.45) is 0.579. The van der Waals surface area contributed by atoms with Crippen molar-refractivity contribution >= 4 is 28.5 Å². The minimum atomic E-state index is -0.398. The number of halogens is 1. The topological polar surface area (TPSA) is 51.5 Å². The second-order valence-corrected chi connectivity index (χ2v) is 7.66. The number of aromatic nitrogens is 1. The SMILES string of the molecule is COC(=O)c1cc(Cl)ccc1Cc1ccc2c(c1)cc(CO)n2Cc1ccccc1. The highest BCUT2D eigenvalue weighted by atomic mass is 35.5. The van der Waals surface area contributed by atoms with Crippen LogP contribution in [0.25, 0.3) is 10.9 Å². The number of ether oxygens (including phenoxy) is 1. The van der Waals surface area contributed by atoms with Crippen molar-refractivity contribution in [1.82, 2.24) is 4.57 Å². The lowest BCUT2D eigenvalue weighted by Gasteiger charge is -2.11. The highest BCUT2D eigenvalue weighted by Gasteiger charge is 2.14. The Balaban J connectivity index is 1.69. The lowest BCUT2D eigenvalue weighted by Crippen LogP contribution is -2.06. The van der Waals surface area contributed by atoms with Crippen LogP contribution in [0.3, 0.4) is 0 Å². The Bertz CT molecular complexity index is 1200. The van der Waals surface area contributed by atoms with Gasteiger partial charge in [0.2, 0.25) is 0 Å². The van der Waals surface area contributed by atoms with Crippen LogP contribution in [0.15, 0.2) is 72.8 Å². The molecule has 0 radical (unpaired) electrons. The van der Waals surface area contributed by atoms with E-state index >= 15 is 0 Å². The number of carbonyl (C=O) groups is 1. The summed E-state index contributed by atoms with van der Waals surface area (Å²) in [5.74, 6) is -0.398. The third-order valence-corrected chi connectivity index (χ3v) is 5.50. The Labute approximate surface area is 180 Å². The summed E-state index contributed by atoms with van der Waals surface area (Å²) in [5.41, 5.74) is 5.51. The van der Waals surface area contributed by atoms with Crippen molar-refractivity contribution in [2.75, 3.05) is 7.11 Å². The molecule has 0 aliphatic rings. The predicted molar refractivity (Wildman–Crippen MR) is 119 cm³/mol. The quantitative estimate of drug-likeness (QED) is 0.436. The van der Waals surface area contributed by atoms with E-state index in [4.69, 9.17) is 16.3 Å². The van der Waals surface area contributed by atoms with Crippen LogP contribution in [-0.4, -0.2) is 22.8 Å². The zero-order valence-electron chi connectivity index (χ0n) is 16.6. The largest absolute Gasteiger partial charge is 0.465 e. The number of rotatable bonds is 6. The number of esters is 1. The second-order valence-electron chi connectivity index (χ2n) is 7.23. The van der Waals surface area contributed by atoms with Crippen molar-refractivity contribution < 1.29 is 14.6 Å². The molecule has 4 rings (SSSR count). The summed E-state index contributed by atoms with van der Waals surface area (Å²) in [4.78, 5) is 12.1. The molecular formula is C25H22ClNO3. The molecule has 0 fully saturated rings. The molecule has 0 spiro atoms. The van der Waals surface area contributed by atoms with E-state index in [2.05, 4.69) is 34.9 Å². The van der Waals surface area contributed by atoms with Crippen LogP contribution in [0.1, 0.15) is 32.7 Å². The molecule has 4 aromatic rings. The second kappa shape index (κ2) is 8.74. The van der Waals surface area contributed by atoms with Crippen LogP contribution in [0, 0.1) is 0 Å². The maximum atomic E-state index is 12.1. The van der Waals surface area contributed by atoms with Gasteiger partial charge in [-0.1, -0.05) is 54.1 Å². The number of nitrogens with zero attached hydrogens (tertiary/aromatic N) is 1. The molecule has 152 valence electrons. The fraction of sp³-hybridized carbons (Fsp3) is 0.160. The van der Waals surface area contributed by atoms with Crippen molar-refractivity contribution in [2.24, 2.45) is 0 Å². The smallest absolute Gasteiger partial charge is 0.338 e. The number of hydrogen-bond acceptors (Lipinski definition) is 3. The van der Waals surface area contributed by atoms with Gasteiger partial charge >= 0.3 is 5.97 Å². The Hall–Kier alpha value is -3.08. The van der Waals surface area contributed by atoms with E-state index in [-0.39, 0.29) is 6.61 Å². The Morgan fingerprint density at radius 1 is 1.00 bits per heavy atom. The van der Waals surface area contributed by atoms with Crippen LogP contribution in [0.2, 0.25) is 5.02 Å². The third kappa shape index (κ3) is 4.11. The lowest BCUT2D eigenvalue weighted by atomic mass is 9.99. The van der Waals surface area contributed by atoms with Gasteiger partial charge < -0.3 is 14.4 Å². The summed E-state index contributed by atoms with van der Waals surface area (Å²) in [6.45, 7) is 0.670. The fourth-order valence-corrected chi connectivity index (χ4v) is 3.97. The number of aliphatic hydroxyl groups is 1. The van der Waals surface area contributed by atoms with E-state index in [1.165, 1.54) is 12.7 Å². The number of methoxy groups -OCH3 is 1. The molecule has 0 atom stereocenters. The average molecular weight is 420 g/mol. The minimum Gasteiger partial charge on any atom is -0.465 e. The standard InChI is InChI=1S/C25H22ClNO3/c1-30-25(29)23-14-21(26)9-8-19(23)11-18-7-10-24-20(12-18)13-22(16-28)27(24)15-17-5-3-2-4-6-17/h2-10,12-14,28H,11,15-16H2,1H3. The fourth-order valence-electron chi connectivity index (χ4n) is 3.79. The number of fused-ring (bicyclic) bond motifs is 1. The van der Waals surface area contributed by atoms with E-state index in [9.17, 15) is 9.90 Å². The van der Waals surface area contributed by atoms with Crippen LogP contribution in [0.5, 0.6) is 0 Å². The Morgan fingerprint density at radius 3 is 2.53 bits per heavy atom. The van der Waals surface area contributed by atoms with Gasteiger partial charge in [0, 0.05) is 28.2 Å². The highest BCUT2D eigenvalue weighted by molar-refractivity contribution is 6.31. The summed E-state index contributed by atoms with van der Waals surface area (Å²) in [6, 6.07) is 23.7. The van der Waals surface area contributed by atoms with Gasteiger partial charge in [-0.3, -0.25) is 0 Å². The maximum Gasteiger partial charge on any atom is 0.338 e. The number of benzene rings is 3. The van der Waals surface area contributed by atoms with E-state index < -0.39 is 5.97 Å². The lowest BCUT2D eigenvalue weighted by molar-refractivity contribution is 0.0599. The van der Waals surface area contributed by atoms with Gasteiger partial charge in [-0.2, -0.15) is 0 Å². The van der Waals surface area contributed by atoms with Gasteiger partial charge in [0.1, 0.15) is 0 Å². The van der Waals surface area contributed by atoms with E-state index in [0.717, 1.165) is 27.7 Å². The van der Waals surface area contributed by atoms with Crippen LogP contribution in [-0.2, 0) is 24.3 Å². The summed E-state index contributed by atoms with van der Waals surface area (Å²) in [5, 5.41) is 11.4. The van der Waals surface area contributed by atoms with Gasteiger partial charge in [-0.05, 0) is 53.4 Å². The molecule has 1 aromatic heterocycles. The van der Waals surface area contributed by atoms with Crippen LogP contribution >= 0.6 is 11.6 Å². The molecular weight excluding hydrogens is 398 g/mol. The normalized spacial score (nSPS) is 11.0. The Morgan fingerprint density at radius 2 is 1.80 bits per heavy atom. The summed E-state index contributed by atoms with van der Waals surface area (Å²) < 4.78 is 7.04. The zero-order valence-corrected chi connectivity index (χ0v) is 17.4. The van der Waals surface area contributed by atoms with E-state index in [0.29, 0.717) is 23.6 Å². The van der Waals surface area contributed by atoms with Crippen molar-refractivity contribution in [3.05, 3.63) is 106 Å². The van der Waals surface area contributed by atoms with Gasteiger partial charge in [-0.15, -0.1) is 0 Å². The molecule has 0 saturated carbocycles. The molecule has 0 saturated heterocycles. The van der Waals surface area contributed by atoms with Crippen LogP contribution in [0.4, 0.5) is 0 Å². The molecule has 3 aromatic carbocycles. The maximum absolute atomic E-state index is 12.1. The first-order valence-electron chi connectivity index (χ1n) is 9.71. The first-order valence-corrected chi connectivity index (χ1v) is 10.1. The molecule has 0 amide bonds. The highest BCUT2D eigenvalue weighted by Crippen LogP contribution is 2.26. The number of carbonyl (C=O) groups excluding carboxylic acids is 1. The predicted octanol–water partition coefficient (Wildman–Crippen LogP) is 5.21. The molecule has 0 bridgehead atoms. The van der Waals surface area contributed by atoms with Gasteiger partial charge in [0.05, 0.1) is 19.3 Å². The first kappa shape index (κ1) is 20.2. The minimum absolute atomic E-state index is 0.0273. The molecule has 4 nitrogen and oxygen atoms in total. The zero-order chi connectivity index (χ0) is 21.1. The van der Waals surface area contributed by atoms with Crippen molar-refractivity contribution in [3.63, 3.8) is 0 Å². The Kier molecular flexibility index (Phi) is 5.88. The molecule has 1 heterocycles. The molecule has 0 unspecified atom stereocenters. The molecule has 0 aliphatic carbocycles. The molecule has 0 aliphatic heterocycles.